The van der Waals surface area contributed by atoms with Crippen molar-refractivity contribution >= 4 is 0 Å². The molecule has 0 bridgehead atoms. The van der Waals surface area contributed by atoms with Crippen molar-refractivity contribution in [1.82, 2.24) is 9.97 Å². The molecule has 0 atom stereocenters. The van der Waals surface area contributed by atoms with Crippen LogP contribution in [0.3, 0.4) is 0 Å². The Morgan fingerprint density at radius 2 is 1.94 bits per heavy atom. The molecule has 0 aliphatic carbocycles. The molecule has 94 valence electrons. The first-order chi connectivity index (χ1) is 8.74. The fourth-order valence-corrected chi connectivity index (χ4v) is 1.61. The predicted octanol–water partition coefficient (Wildman–Crippen LogP) is 2.57. The summed E-state index contributed by atoms with van der Waals surface area (Å²) in [6.07, 6.45) is 1.04. The van der Waals surface area contributed by atoms with Crippen molar-refractivity contribution in [3.8, 4) is 11.4 Å². The van der Waals surface area contributed by atoms with E-state index in [1.165, 1.54) is 26.4 Å². The summed E-state index contributed by atoms with van der Waals surface area (Å²) in [7, 11) is 3.05. The number of benzene rings is 1. The molecule has 0 N–H and O–H groups in total. The van der Waals surface area contributed by atoms with Gasteiger partial charge in [0.15, 0.2) is 5.82 Å². The Morgan fingerprint density at radius 3 is 2.61 bits per heavy atom. The monoisotopic (exact) mass is 248 g/mol. The van der Waals surface area contributed by atoms with Gasteiger partial charge in [-0.1, -0.05) is 12.1 Å². The first-order valence-electron chi connectivity index (χ1n) is 5.39. The van der Waals surface area contributed by atoms with E-state index in [4.69, 9.17) is 9.47 Å². The van der Waals surface area contributed by atoms with Crippen molar-refractivity contribution in [3.05, 3.63) is 48.0 Å². The summed E-state index contributed by atoms with van der Waals surface area (Å²) in [5, 5.41) is 0. The Bertz CT molecular complexity index is 530. The number of aromatic nitrogens is 2. The van der Waals surface area contributed by atoms with Gasteiger partial charge in [-0.3, -0.25) is 0 Å². The van der Waals surface area contributed by atoms with Crippen LogP contribution in [0, 0.1) is 5.82 Å². The molecule has 0 amide bonds. The Morgan fingerprint density at radius 1 is 1.17 bits per heavy atom. The molecule has 0 spiro atoms. The number of hydrogen-bond acceptors (Lipinski definition) is 4. The van der Waals surface area contributed by atoms with Crippen molar-refractivity contribution in [2.45, 2.75) is 6.29 Å². The highest BCUT2D eigenvalue weighted by atomic mass is 19.1. The lowest BCUT2D eigenvalue weighted by Crippen LogP contribution is -2.07. The lowest BCUT2D eigenvalue weighted by Gasteiger charge is -2.13. The second kappa shape index (κ2) is 5.66. The van der Waals surface area contributed by atoms with E-state index < -0.39 is 6.29 Å². The van der Waals surface area contributed by atoms with E-state index in [0.29, 0.717) is 17.1 Å². The summed E-state index contributed by atoms with van der Waals surface area (Å²) in [6.45, 7) is 0. The van der Waals surface area contributed by atoms with Crippen LogP contribution >= 0.6 is 0 Å². The van der Waals surface area contributed by atoms with Gasteiger partial charge in [0, 0.05) is 26.0 Å². The number of methoxy groups -OCH3 is 2. The molecule has 18 heavy (non-hydrogen) atoms. The van der Waals surface area contributed by atoms with Crippen LogP contribution in [0.4, 0.5) is 4.39 Å². The molecule has 0 aliphatic rings. The summed E-state index contributed by atoms with van der Waals surface area (Å²) in [5.41, 5.74) is 1.21. The van der Waals surface area contributed by atoms with Gasteiger partial charge in [0.05, 0.1) is 0 Å². The van der Waals surface area contributed by atoms with Crippen molar-refractivity contribution in [1.29, 1.82) is 0 Å². The van der Waals surface area contributed by atoms with Gasteiger partial charge in [0.1, 0.15) is 11.5 Å². The molecule has 0 radical (unpaired) electrons. The molecule has 1 aromatic carbocycles. The smallest absolute Gasteiger partial charge is 0.200 e. The van der Waals surface area contributed by atoms with Crippen LogP contribution < -0.4 is 0 Å². The first kappa shape index (κ1) is 12.6. The molecule has 0 fully saturated rings. The molecule has 2 aromatic rings. The summed E-state index contributed by atoms with van der Waals surface area (Å²) >= 11 is 0. The Kier molecular flexibility index (Phi) is 3.96. The third kappa shape index (κ3) is 2.69. The van der Waals surface area contributed by atoms with Gasteiger partial charge in [-0.05, 0) is 18.2 Å². The van der Waals surface area contributed by atoms with E-state index in [1.807, 2.05) is 0 Å². The third-order valence-electron chi connectivity index (χ3n) is 2.43. The van der Waals surface area contributed by atoms with Crippen molar-refractivity contribution in [2.75, 3.05) is 14.2 Å². The minimum Gasteiger partial charge on any atom is -0.350 e. The van der Waals surface area contributed by atoms with Crippen molar-refractivity contribution in [2.24, 2.45) is 0 Å². The van der Waals surface area contributed by atoms with Gasteiger partial charge in [-0.25, -0.2) is 14.4 Å². The maximum absolute atomic E-state index is 13.1. The first-order valence-corrected chi connectivity index (χ1v) is 5.39. The van der Waals surface area contributed by atoms with Crippen molar-refractivity contribution in [3.63, 3.8) is 0 Å². The van der Waals surface area contributed by atoms with Gasteiger partial charge >= 0.3 is 0 Å². The standard InChI is InChI=1S/C13H13FN2O2/c1-17-13(18-2)11-6-7-15-12(16-11)9-4-3-5-10(14)8-9/h3-8,13H,1-2H3. The third-order valence-corrected chi connectivity index (χ3v) is 2.43. The molecule has 5 heteroatoms. The molecule has 0 aliphatic heterocycles. The zero-order valence-corrected chi connectivity index (χ0v) is 10.1. The average Bonchev–Trinajstić information content (AvgIpc) is 2.41. The second-order valence-corrected chi connectivity index (χ2v) is 3.62. The minimum absolute atomic E-state index is 0.323. The molecule has 0 saturated carbocycles. The van der Waals surface area contributed by atoms with Crippen LogP contribution in [0.25, 0.3) is 11.4 Å². The lowest BCUT2D eigenvalue weighted by molar-refractivity contribution is -0.108. The fourth-order valence-electron chi connectivity index (χ4n) is 1.61. The van der Waals surface area contributed by atoms with E-state index in [2.05, 4.69) is 9.97 Å². The largest absolute Gasteiger partial charge is 0.350 e. The molecular formula is C13H13FN2O2. The molecule has 0 unspecified atom stereocenters. The van der Waals surface area contributed by atoms with Crippen LogP contribution in [0.2, 0.25) is 0 Å². The highest BCUT2D eigenvalue weighted by molar-refractivity contribution is 5.54. The highest BCUT2D eigenvalue weighted by Gasteiger charge is 2.12. The van der Waals surface area contributed by atoms with Crippen LogP contribution in [-0.2, 0) is 9.47 Å². The summed E-state index contributed by atoms with van der Waals surface area (Å²) in [4.78, 5) is 8.41. The Labute approximate surface area is 104 Å². The summed E-state index contributed by atoms with van der Waals surface area (Å²) in [5.74, 6) is 0.114. The summed E-state index contributed by atoms with van der Waals surface area (Å²) in [6, 6.07) is 7.82. The van der Waals surface area contributed by atoms with E-state index in [0.717, 1.165) is 0 Å². The van der Waals surface area contributed by atoms with E-state index >= 15 is 0 Å². The van der Waals surface area contributed by atoms with Gasteiger partial charge < -0.3 is 9.47 Å². The van der Waals surface area contributed by atoms with E-state index in [9.17, 15) is 4.39 Å². The van der Waals surface area contributed by atoms with E-state index in [-0.39, 0.29) is 5.82 Å². The second-order valence-electron chi connectivity index (χ2n) is 3.62. The number of rotatable bonds is 4. The maximum atomic E-state index is 13.1. The lowest BCUT2D eigenvalue weighted by atomic mass is 10.2. The zero-order chi connectivity index (χ0) is 13.0. The predicted molar refractivity (Wildman–Crippen MR) is 64.2 cm³/mol. The minimum atomic E-state index is -0.555. The van der Waals surface area contributed by atoms with E-state index in [1.54, 1.807) is 24.4 Å². The van der Waals surface area contributed by atoms with Crippen molar-refractivity contribution < 1.29 is 13.9 Å². The molecule has 1 aromatic heterocycles. The van der Waals surface area contributed by atoms with Gasteiger partial charge in [0.25, 0.3) is 0 Å². The van der Waals surface area contributed by atoms with Crippen LogP contribution in [0.15, 0.2) is 36.5 Å². The number of hydrogen-bond donors (Lipinski definition) is 0. The normalized spacial score (nSPS) is 10.9. The molecule has 4 nitrogen and oxygen atoms in total. The fraction of sp³-hybridized carbons (Fsp3) is 0.231. The molecule has 0 saturated heterocycles. The maximum Gasteiger partial charge on any atom is 0.200 e. The van der Waals surface area contributed by atoms with Crippen LogP contribution in [0.5, 0.6) is 0 Å². The Balaban J connectivity index is 2.38. The van der Waals surface area contributed by atoms with Gasteiger partial charge in [0.2, 0.25) is 6.29 Å². The highest BCUT2D eigenvalue weighted by Crippen LogP contribution is 2.19. The van der Waals surface area contributed by atoms with Crippen LogP contribution in [0.1, 0.15) is 12.0 Å². The van der Waals surface area contributed by atoms with Gasteiger partial charge in [-0.15, -0.1) is 0 Å². The molecule has 2 rings (SSSR count). The Hall–Kier alpha value is -1.85. The SMILES string of the molecule is COC(OC)c1ccnc(-c2cccc(F)c2)n1. The number of halogens is 1. The number of nitrogens with zero attached hydrogens (tertiary/aromatic N) is 2. The van der Waals surface area contributed by atoms with Crippen LogP contribution in [-0.4, -0.2) is 24.2 Å². The average molecular weight is 248 g/mol. The molecule has 1 heterocycles. The summed E-state index contributed by atoms with van der Waals surface area (Å²) < 4.78 is 23.4. The molecular weight excluding hydrogens is 235 g/mol. The zero-order valence-electron chi connectivity index (χ0n) is 10.1. The number of ether oxygens (including phenoxy) is 2. The topological polar surface area (TPSA) is 44.2 Å². The quantitative estimate of drug-likeness (QED) is 0.780. The van der Waals surface area contributed by atoms with Gasteiger partial charge in [-0.2, -0.15) is 0 Å².